The van der Waals surface area contributed by atoms with Crippen LogP contribution >= 0.6 is 0 Å². The van der Waals surface area contributed by atoms with E-state index in [1.807, 2.05) is 54.6 Å². The van der Waals surface area contributed by atoms with E-state index in [2.05, 4.69) is 50.5 Å². The molecule has 12 heteroatoms. The Balaban J connectivity index is 1.30. The fourth-order valence-electron chi connectivity index (χ4n) is 5.52. The first-order valence-corrected chi connectivity index (χ1v) is 17.2. The van der Waals surface area contributed by atoms with Gasteiger partial charge in [0.1, 0.15) is 23.9 Å². The fourth-order valence-corrected chi connectivity index (χ4v) is 5.52. The van der Waals surface area contributed by atoms with Crippen molar-refractivity contribution in [2.75, 3.05) is 19.7 Å². The van der Waals surface area contributed by atoms with E-state index < -0.39 is 35.5 Å². The number of fused-ring (bicyclic) bond motifs is 3. The number of hydrogen-bond donors (Lipinski definition) is 4. The minimum absolute atomic E-state index is 0.104. The SMILES string of the molecule is CC(C)(C)OC(=O)/N=C(\NCCCCNC(=O)[C@H](Cc1ccccc1)NC(=O)OCC1c2ccccc2-c2ccccc21)NC(=O)OC(C)(C)C. The molecule has 0 saturated carbocycles. The molecule has 1 atom stereocenters. The number of aliphatic imine (C=N–C) groups is 1. The monoisotopic (exact) mass is 699 g/mol. The number of hydrogen-bond acceptors (Lipinski definition) is 7. The van der Waals surface area contributed by atoms with Gasteiger partial charge in [-0.3, -0.25) is 10.1 Å². The molecule has 3 aromatic carbocycles. The van der Waals surface area contributed by atoms with Crippen molar-refractivity contribution < 1.29 is 33.4 Å². The van der Waals surface area contributed by atoms with Gasteiger partial charge < -0.3 is 30.2 Å². The molecule has 0 heterocycles. The summed E-state index contributed by atoms with van der Waals surface area (Å²) in [5.41, 5.74) is 3.82. The van der Waals surface area contributed by atoms with Gasteiger partial charge in [0.05, 0.1) is 0 Å². The molecule has 4 rings (SSSR count). The number of rotatable bonds is 11. The number of carbonyl (C=O) groups is 4. The number of nitrogens with one attached hydrogen (secondary N) is 4. The molecular weight excluding hydrogens is 650 g/mol. The summed E-state index contributed by atoms with van der Waals surface area (Å²) in [4.78, 5) is 54.9. The maximum Gasteiger partial charge on any atom is 0.437 e. The van der Waals surface area contributed by atoms with Gasteiger partial charge in [0.15, 0.2) is 0 Å². The molecule has 4 amide bonds. The summed E-state index contributed by atoms with van der Waals surface area (Å²) in [5, 5.41) is 11.1. The molecule has 0 aliphatic heterocycles. The van der Waals surface area contributed by atoms with Crippen molar-refractivity contribution in [1.29, 1.82) is 0 Å². The van der Waals surface area contributed by atoms with Gasteiger partial charge in [0, 0.05) is 25.4 Å². The van der Waals surface area contributed by atoms with E-state index in [0.29, 0.717) is 25.9 Å². The average Bonchev–Trinajstić information content (AvgIpc) is 3.37. The molecule has 0 spiro atoms. The Morgan fingerprint density at radius 2 is 1.25 bits per heavy atom. The number of alkyl carbamates (subject to hydrolysis) is 2. The summed E-state index contributed by atoms with van der Waals surface area (Å²) in [5.74, 6) is -0.566. The van der Waals surface area contributed by atoms with E-state index >= 15 is 0 Å². The lowest BCUT2D eigenvalue weighted by Crippen LogP contribution is -2.48. The van der Waals surface area contributed by atoms with Crippen molar-refractivity contribution in [2.45, 2.75) is 84.0 Å². The second kappa shape index (κ2) is 17.5. The third-order valence-corrected chi connectivity index (χ3v) is 7.65. The summed E-state index contributed by atoms with van der Waals surface area (Å²) in [6.07, 6.45) is -0.953. The van der Waals surface area contributed by atoms with E-state index in [4.69, 9.17) is 14.2 Å². The number of guanidine groups is 1. The zero-order chi connectivity index (χ0) is 37.0. The molecule has 4 N–H and O–H groups in total. The quantitative estimate of drug-likeness (QED) is 0.0772. The van der Waals surface area contributed by atoms with Crippen LogP contribution < -0.4 is 21.3 Å². The Morgan fingerprint density at radius 3 is 1.84 bits per heavy atom. The number of amides is 4. The van der Waals surface area contributed by atoms with E-state index in [0.717, 1.165) is 27.8 Å². The Labute approximate surface area is 299 Å². The first-order chi connectivity index (χ1) is 24.2. The Morgan fingerprint density at radius 1 is 0.706 bits per heavy atom. The van der Waals surface area contributed by atoms with E-state index in [1.54, 1.807) is 41.5 Å². The average molecular weight is 700 g/mol. The number of unbranched alkanes of at least 4 members (excludes halogenated alkanes) is 1. The van der Waals surface area contributed by atoms with Crippen LogP contribution in [0.5, 0.6) is 0 Å². The Kier molecular flexibility index (Phi) is 13.2. The van der Waals surface area contributed by atoms with Gasteiger partial charge in [-0.15, -0.1) is 4.99 Å². The first kappa shape index (κ1) is 38.4. The highest BCUT2D eigenvalue weighted by Gasteiger charge is 2.30. The largest absolute Gasteiger partial charge is 0.449 e. The molecule has 0 aromatic heterocycles. The highest BCUT2D eigenvalue weighted by molar-refractivity contribution is 5.98. The third kappa shape index (κ3) is 12.5. The van der Waals surface area contributed by atoms with Gasteiger partial charge >= 0.3 is 18.3 Å². The summed E-state index contributed by atoms with van der Waals surface area (Å²) in [6.45, 7) is 11.1. The zero-order valence-corrected chi connectivity index (χ0v) is 30.2. The minimum Gasteiger partial charge on any atom is -0.449 e. The predicted molar refractivity (Wildman–Crippen MR) is 195 cm³/mol. The maximum absolute atomic E-state index is 13.4. The fraction of sp³-hybridized carbons (Fsp3) is 0.410. The van der Waals surface area contributed by atoms with Gasteiger partial charge in [-0.25, -0.2) is 14.4 Å². The molecule has 0 fully saturated rings. The zero-order valence-electron chi connectivity index (χ0n) is 30.2. The number of benzene rings is 3. The Hall–Kier alpha value is -5.39. The lowest BCUT2D eigenvalue weighted by molar-refractivity contribution is -0.123. The van der Waals surface area contributed by atoms with E-state index in [1.165, 1.54) is 0 Å². The van der Waals surface area contributed by atoms with Crippen molar-refractivity contribution in [2.24, 2.45) is 4.99 Å². The van der Waals surface area contributed by atoms with E-state index in [-0.39, 0.29) is 30.8 Å². The normalized spacial score (nSPS) is 13.3. The summed E-state index contributed by atoms with van der Waals surface area (Å²) in [7, 11) is 0. The Bertz CT molecular complexity index is 1650. The van der Waals surface area contributed by atoms with Crippen molar-refractivity contribution in [3.05, 3.63) is 95.6 Å². The van der Waals surface area contributed by atoms with Crippen molar-refractivity contribution in [3.8, 4) is 11.1 Å². The number of ether oxygens (including phenoxy) is 3. The van der Waals surface area contributed by atoms with Gasteiger partial charge in [0.2, 0.25) is 11.9 Å². The molecule has 272 valence electrons. The van der Waals surface area contributed by atoms with Crippen LogP contribution in [0.3, 0.4) is 0 Å². The standard InChI is InChI=1S/C39H49N5O7/c1-38(2,3)50-36(47)43-34(44-37(48)51-39(4,5)6)41-23-15-14-22-40-33(45)32(24-26-16-8-7-9-17-26)42-35(46)49-25-31-29-20-12-10-18-27(29)28-19-11-13-21-30(28)31/h7-13,16-21,31-32H,14-15,22-25H2,1-6H3,(H,40,45)(H,42,46)(H2,41,43,44,47,48)/t32-/m0/s1. The second-order valence-corrected chi connectivity index (χ2v) is 14.2. The van der Waals surface area contributed by atoms with Crippen molar-refractivity contribution in [1.82, 2.24) is 21.3 Å². The third-order valence-electron chi connectivity index (χ3n) is 7.65. The highest BCUT2D eigenvalue weighted by atomic mass is 16.6. The summed E-state index contributed by atoms with van der Waals surface area (Å²) in [6, 6.07) is 24.8. The number of carbonyl (C=O) groups excluding carboxylic acids is 4. The molecular formula is C39H49N5O7. The molecule has 0 saturated heterocycles. The molecule has 3 aromatic rings. The molecule has 51 heavy (non-hydrogen) atoms. The molecule has 1 aliphatic carbocycles. The van der Waals surface area contributed by atoms with Gasteiger partial charge in [0.25, 0.3) is 0 Å². The molecule has 0 unspecified atom stereocenters. The first-order valence-electron chi connectivity index (χ1n) is 17.2. The molecule has 1 aliphatic rings. The number of nitrogens with zero attached hydrogens (tertiary/aromatic N) is 1. The van der Waals surface area contributed by atoms with Gasteiger partial charge in [-0.05, 0) is 82.2 Å². The van der Waals surface area contributed by atoms with Gasteiger partial charge in [-0.2, -0.15) is 0 Å². The molecule has 0 bridgehead atoms. The highest BCUT2D eigenvalue weighted by Crippen LogP contribution is 2.44. The van der Waals surface area contributed by atoms with Crippen LogP contribution in [0, 0.1) is 0 Å². The predicted octanol–water partition coefficient (Wildman–Crippen LogP) is 6.44. The molecule has 12 nitrogen and oxygen atoms in total. The lowest BCUT2D eigenvalue weighted by atomic mass is 9.98. The topological polar surface area (TPSA) is 156 Å². The van der Waals surface area contributed by atoms with Crippen LogP contribution in [0.15, 0.2) is 83.9 Å². The van der Waals surface area contributed by atoms with Crippen LogP contribution in [0.2, 0.25) is 0 Å². The molecule has 0 radical (unpaired) electrons. The van der Waals surface area contributed by atoms with Crippen LogP contribution in [-0.2, 0) is 25.4 Å². The van der Waals surface area contributed by atoms with E-state index in [9.17, 15) is 19.2 Å². The van der Waals surface area contributed by atoms with Crippen LogP contribution in [0.1, 0.15) is 77.0 Å². The second-order valence-electron chi connectivity index (χ2n) is 14.2. The van der Waals surface area contributed by atoms with Crippen LogP contribution in [0.25, 0.3) is 11.1 Å². The summed E-state index contributed by atoms with van der Waals surface area (Å²) >= 11 is 0. The smallest absolute Gasteiger partial charge is 0.437 e. The van der Waals surface area contributed by atoms with Crippen LogP contribution in [0.4, 0.5) is 14.4 Å². The minimum atomic E-state index is -0.873. The maximum atomic E-state index is 13.4. The lowest BCUT2D eigenvalue weighted by Gasteiger charge is -2.21. The van der Waals surface area contributed by atoms with Crippen molar-refractivity contribution in [3.63, 3.8) is 0 Å². The van der Waals surface area contributed by atoms with Crippen LogP contribution in [-0.4, -0.2) is 67.1 Å². The summed E-state index contributed by atoms with van der Waals surface area (Å²) < 4.78 is 16.2. The van der Waals surface area contributed by atoms with Crippen molar-refractivity contribution >= 4 is 30.1 Å². The van der Waals surface area contributed by atoms with Gasteiger partial charge in [-0.1, -0.05) is 78.9 Å².